The van der Waals surface area contributed by atoms with Gasteiger partial charge in [0.15, 0.2) is 5.78 Å². The van der Waals surface area contributed by atoms with Crippen molar-refractivity contribution in [2.24, 2.45) is 0 Å². The van der Waals surface area contributed by atoms with Crippen LogP contribution in [0.25, 0.3) is 0 Å². The Morgan fingerprint density at radius 3 is 2.33 bits per heavy atom. The van der Waals surface area contributed by atoms with E-state index in [9.17, 15) is 9.90 Å². The number of aliphatic hydroxyl groups excluding tert-OH is 1. The topological polar surface area (TPSA) is 55.8 Å². The van der Waals surface area contributed by atoms with Crippen LogP contribution >= 0.6 is 0 Å². The van der Waals surface area contributed by atoms with E-state index in [0.717, 1.165) is 51.7 Å². The zero-order chi connectivity index (χ0) is 13.4. The molecule has 2 aliphatic heterocycles. The molecule has 0 bridgehead atoms. The molecule has 0 amide bonds. The van der Waals surface area contributed by atoms with E-state index in [1.54, 1.807) is 0 Å². The number of ether oxygens (including phenoxy) is 2. The molecule has 0 aliphatic carbocycles. The smallest absolute Gasteiger partial charge is 0.161 e. The molecule has 2 aliphatic rings. The van der Waals surface area contributed by atoms with E-state index in [-0.39, 0.29) is 24.1 Å². The number of Topliss-reactive ketones (excluding diaryl/α,β-unsaturated/α-hetero) is 1. The van der Waals surface area contributed by atoms with Gasteiger partial charge in [-0.15, -0.1) is 0 Å². The number of carbonyl (C=O) groups is 1. The number of carbonyl (C=O) groups excluding carboxylic acids is 1. The van der Waals surface area contributed by atoms with Crippen LogP contribution in [0, 0.1) is 0 Å². The first kappa shape index (κ1) is 15.6. The normalized spacial score (nSPS) is 32.6. The maximum atomic E-state index is 10.9. The van der Waals surface area contributed by atoms with Gasteiger partial charge in [0.25, 0.3) is 0 Å². The van der Waals surface area contributed by atoms with Gasteiger partial charge in [-0.2, -0.15) is 0 Å². The number of rotatable bonds is 2. The van der Waals surface area contributed by atoms with E-state index >= 15 is 0 Å². The zero-order valence-electron chi connectivity index (χ0n) is 11.6. The molecular weight excluding hydrogens is 232 g/mol. The van der Waals surface area contributed by atoms with E-state index in [1.807, 2.05) is 13.8 Å². The third-order valence-electron chi connectivity index (χ3n) is 3.42. The maximum Gasteiger partial charge on any atom is 0.161 e. The van der Waals surface area contributed by atoms with Gasteiger partial charge < -0.3 is 14.6 Å². The fourth-order valence-corrected chi connectivity index (χ4v) is 2.29. The second-order valence-electron chi connectivity index (χ2n) is 4.86. The first-order chi connectivity index (χ1) is 8.69. The molecule has 2 fully saturated rings. The van der Waals surface area contributed by atoms with Crippen molar-refractivity contribution >= 4 is 5.78 Å². The van der Waals surface area contributed by atoms with Crippen molar-refractivity contribution in [2.75, 3.05) is 13.2 Å². The predicted molar refractivity (Wildman–Crippen MR) is 69.5 cm³/mol. The molecule has 2 saturated heterocycles. The molecule has 4 nitrogen and oxygen atoms in total. The highest BCUT2D eigenvalue weighted by Gasteiger charge is 2.21. The molecule has 2 rings (SSSR count). The summed E-state index contributed by atoms with van der Waals surface area (Å²) in [5.74, 6) is 0.281. The number of ketones is 1. The van der Waals surface area contributed by atoms with Crippen molar-refractivity contribution < 1.29 is 19.4 Å². The van der Waals surface area contributed by atoms with Crippen molar-refractivity contribution in [2.45, 2.75) is 70.7 Å². The van der Waals surface area contributed by atoms with Crippen LogP contribution in [-0.2, 0) is 14.3 Å². The first-order valence-electron chi connectivity index (χ1n) is 7.13. The standard InChI is InChI=1S/C7H14O2.C7H12O2/c2*1-2-7-6(8)4-3-5-9-7/h6-8H,2-5H2,1H3;7H,2-5H2,1H3. The van der Waals surface area contributed by atoms with Crippen molar-refractivity contribution in [1.82, 2.24) is 0 Å². The minimum absolute atomic E-state index is 0.0845. The van der Waals surface area contributed by atoms with Crippen LogP contribution in [0.3, 0.4) is 0 Å². The Labute approximate surface area is 110 Å². The summed E-state index contributed by atoms with van der Waals surface area (Å²) < 4.78 is 10.5. The number of hydrogen-bond acceptors (Lipinski definition) is 4. The molecule has 1 N–H and O–H groups in total. The minimum atomic E-state index is -0.205. The molecule has 2 heterocycles. The Bertz CT molecular complexity index is 242. The Hall–Kier alpha value is -0.450. The van der Waals surface area contributed by atoms with E-state index in [2.05, 4.69) is 0 Å². The van der Waals surface area contributed by atoms with E-state index in [1.165, 1.54) is 0 Å². The van der Waals surface area contributed by atoms with Crippen LogP contribution in [0.4, 0.5) is 0 Å². The van der Waals surface area contributed by atoms with Crippen LogP contribution < -0.4 is 0 Å². The summed E-state index contributed by atoms with van der Waals surface area (Å²) in [5, 5.41) is 9.24. The molecule has 0 radical (unpaired) electrons. The quantitative estimate of drug-likeness (QED) is 0.824. The molecule has 106 valence electrons. The lowest BCUT2D eigenvalue weighted by atomic mass is 10.0. The third-order valence-corrected chi connectivity index (χ3v) is 3.42. The molecule has 3 atom stereocenters. The molecule has 3 unspecified atom stereocenters. The lowest BCUT2D eigenvalue weighted by Gasteiger charge is -2.26. The summed E-state index contributed by atoms with van der Waals surface area (Å²) >= 11 is 0. The monoisotopic (exact) mass is 258 g/mol. The number of aliphatic hydroxyl groups is 1. The Morgan fingerprint density at radius 2 is 1.89 bits per heavy atom. The van der Waals surface area contributed by atoms with E-state index in [0.29, 0.717) is 0 Å². The van der Waals surface area contributed by atoms with Gasteiger partial charge >= 0.3 is 0 Å². The second kappa shape index (κ2) is 8.62. The van der Waals surface area contributed by atoms with Gasteiger partial charge in [0.2, 0.25) is 0 Å². The van der Waals surface area contributed by atoms with Crippen LogP contribution in [0.15, 0.2) is 0 Å². The lowest BCUT2D eigenvalue weighted by molar-refractivity contribution is -0.135. The summed E-state index contributed by atoms with van der Waals surface area (Å²) in [6.45, 7) is 5.62. The maximum absolute atomic E-state index is 10.9. The van der Waals surface area contributed by atoms with Gasteiger partial charge in [-0.3, -0.25) is 4.79 Å². The van der Waals surface area contributed by atoms with E-state index < -0.39 is 0 Å². The van der Waals surface area contributed by atoms with Crippen LogP contribution in [0.2, 0.25) is 0 Å². The molecule has 0 aromatic carbocycles. The Balaban J connectivity index is 0.000000180. The average molecular weight is 258 g/mol. The van der Waals surface area contributed by atoms with Crippen LogP contribution in [0.5, 0.6) is 0 Å². The highest BCUT2D eigenvalue weighted by molar-refractivity contribution is 5.83. The summed E-state index contributed by atoms with van der Waals surface area (Å²) in [5.41, 5.74) is 0. The zero-order valence-corrected chi connectivity index (χ0v) is 11.6. The molecule has 0 aromatic rings. The summed E-state index contributed by atoms with van der Waals surface area (Å²) in [6.07, 6.45) is 5.14. The predicted octanol–water partition coefficient (Wildman–Crippen LogP) is 2.08. The van der Waals surface area contributed by atoms with Gasteiger partial charge in [0, 0.05) is 19.6 Å². The molecule has 0 aromatic heterocycles. The molecule has 0 saturated carbocycles. The lowest BCUT2D eigenvalue weighted by Crippen LogP contribution is -2.33. The SMILES string of the molecule is CCC1OCCCC1=O.CCC1OCCCC1O. The summed E-state index contributed by atoms with van der Waals surface area (Å²) in [6, 6.07) is 0. The van der Waals surface area contributed by atoms with E-state index in [4.69, 9.17) is 9.47 Å². The second-order valence-corrected chi connectivity index (χ2v) is 4.86. The Morgan fingerprint density at radius 1 is 1.17 bits per heavy atom. The van der Waals surface area contributed by atoms with Gasteiger partial charge in [-0.05, 0) is 32.1 Å². The summed E-state index contributed by atoms with van der Waals surface area (Å²) in [4.78, 5) is 10.9. The Kier molecular flexibility index (Phi) is 7.47. The third kappa shape index (κ3) is 5.04. The average Bonchev–Trinajstić information content (AvgIpc) is 2.41. The first-order valence-corrected chi connectivity index (χ1v) is 7.13. The van der Waals surface area contributed by atoms with Crippen LogP contribution in [0.1, 0.15) is 52.4 Å². The van der Waals surface area contributed by atoms with Crippen molar-refractivity contribution in [3.8, 4) is 0 Å². The van der Waals surface area contributed by atoms with Gasteiger partial charge in [-0.25, -0.2) is 0 Å². The minimum Gasteiger partial charge on any atom is -0.390 e. The fraction of sp³-hybridized carbons (Fsp3) is 0.929. The fourth-order valence-electron chi connectivity index (χ4n) is 2.29. The largest absolute Gasteiger partial charge is 0.390 e. The molecule has 0 spiro atoms. The number of hydrogen-bond donors (Lipinski definition) is 1. The highest BCUT2D eigenvalue weighted by Crippen LogP contribution is 2.15. The van der Waals surface area contributed by atoms with Gasteiger partial charge in [0.1, 0.15) is 6.10 Å². The summed E-state index contributed by atoms with van der Waals surface area (Å²) in [7, 11) is 0. The van der Waals surface area contributed by atoms with Crippen molar-refractivity contribution in [3.05, 3.63) is 0 Å². The van der Waals surface area contributed by atoms with Crippen molar-refractivity contribution in [1.29, 1.82) is 0 Å². The molecule has 4 heteroatoms. The molecular formula is C14H26O4. The van der Waals surface area contributed by atoms with Crippen LogP contribution in [-0.4, -0.2) is 42.4 Å². The van der Waals surface area contributed by atoms with Gasteiger partial charge in [-0.1, -0.05) is 13.8 Å². The van der Waals surface area contributed by atoms with Crippen molar-refractivity contribution in [3.63, 3.8) is 0 Å². The molecule has 18 heavy (non-hydrogen) atoms. The highest BCUT2D eigenvalue weighted by atomic mass is 16.5. The van der Waals surface area contributed by atoms with Gasteiger partial charge in [0.05, 0.1) is 12.2 Å².